The van der Waals surface area contributed by atoms with Gasteiger partial charge in [-0.15, -0.1) is 0 Å². The molecule has 0 aromatic heterocycles. The number of rotatable bonds is 16. The van der Waals surface area contributed by atoms with Crippen LogP contribution in [0.1, 0.15) is 104 Å². The third-order valence-corrected chi connectivity index (χ3v) is 4.10. The number of ether oxygens (including phenoxy) is 1. The third-order valence-electron chi connectivity index (χ3n) is 4.10. The van der Waals surface area contributed by atoms with Gasteiger partial charge in [-0.3, -0.25) is 0 Å². The quantitative estimate of drug-likeness (QED) is 0.307. The van der Waals surface area contributed by atoms with E-state index in [1.54, 1.807) is 0 Å². The monoisotopic (exact) mass is 314 g/mol. The van der Waals surface area contributed by atoms with Crippen LogP contribution in [0.25, 0.3) is 0 Å². The van der Waals surface area contributed by atoms with Crippen molar-refractivity contribution in [2.75, 3.05) is 6.61 Å². The average Bonchev–Trinajstić information content (AvgIpc) is 2.53. The largest absolute Gasteiger partial charge is 0.464 e. The zero-order valence-electron chi connectivity index (χ0n) is 14.9. The highest BCUT2D eigenvalue weighted by Crippen LogP contribution is 2.12. The van der Waals surface area contributed by atoms with Crippen molar-refractivity contribution in [2.45, 2.75) is 110 Å². The molecule has 0 aliphatic heterocycles. The molecule has 1 unspecified atom stereocenters. The molecule has 0 aromatic rings. The normalized spacial score (nSPS) is 12.3. The standard InChI is InChI=1S/C19H38O3/c1-3-5-7-8-9-10-11-12-13-14-16-18(20)19(21)22-17-15-6-4-2/h18,20H,3-17H2,1-2H3. The molecule has 0 fully saturated rings. The van der Waals surface area contributed by atoms with Gasteiger partial charge in [0.15, 0.2) is 6.10 Å². The van der Waals surface area contributed by atoms with Crippen LogP contribution >= 0.6 is 0 Å². The number of esters is 1. The number of hydrogen-bond acceptors (Lipinski definition) is 3. The molecule has 132 valence electrons. The van der Waals surface area contributed by atoms with E-state index in [1.807, 2.05) is 0 Å². The molecular formula is C19H38O3. The summed E-state index contributed by atoms with van der Waals surface area (Å²) in [4.78, 5) is 11.5. The van der Waals surface area contributed by atoms with Crippen LogP contribution in [0.2, 0.25) is 0 Å². The molecule has 1 atom stereocenters. The molecule has 3 nitrogen and oxygen atoms in total. The van der Waals surface area contributed by atoms with E-state index >= 15 is 0 Å². The van der Waals surface area contributed by atoms with Crippen molar-refractivity contribution in [1.29, 1.82) is 0 Å². The van der Waals surface area contributed by atoms with E-state index < -0.39 is 12.1 Å². The lowest BCUT2D eigenvalue weighted by Crippen LogP contribution is -2.23. The van der Waals surface area contributed by atoms with Gasteiger partial charge in [0.05, 0.1) is 6.61 Å². The van der Waals surface area contributed by atoms with Gasteiger partial charge in [-0.2, -0.15) is 0 Å². The Bertz CT molecular complexity index is 241. The first-order chi connectivity index (χ1) is 10.7. The molecule has 0 amide bonds. The molecular weight excluding hydrogens is 276 g/mol. The number of hydrogen-bond donors (Lipinski definition) is 1. The van der Waals surface area contributed by atoms with Gasteiger partial charge >= 0.3 is 5.97 Å². The van der Waals surface area contributed by atoms with E-state index in [4.69, 9.17) is 4.74 Å². The molecule has 0 radical (unpaired) electrons. The van der Waals surface area contributed by atoms with Crippen molar-refractivity contribution in [3.63, 3.8) is 0 Å². The summed E-state index contributed by atoms with van der Waals surface area (Å²) in [5.74, 6) is -0.438. The molecule has 0 aliphatic rings. The Morgan fingerprint density at radius 3 is 1.77 bits per heavy atom. The lowest BCUT2D eigenvalue weighted by atomic mass is 10.0. The fourth-order valence-electron chi connectivity index (χ4n) is 2.56. The first kappa shape index (κ1) is 21.4. The van der Waals surface area contributed by atoms with Crippen molar-refractivity contribution >= 4 is 5.97 Å². The highest BCUT2D eigenvalue weighted by Gasteiger charge is 2.15. The van der Waals surface area contributed by atoms with Crippen LogP contribution in [-0.4, -0.2) is 23.8 Å². The summed E-state index contributed by atoms with van der Waals surface area (Å²) in [6, 6.07) is 0. The molecule has 22 heavy (non-hydrogen) atoms. The highest BCUT2D eigenvalue weighted by molar-refractivity contribution is 5.74. The van der Waals surface area contributed by atoms with E-state index in [9.17, 15) is 9.90 Å². The lowest BCUT2D eigenvalue weighted by Gasteiger charge is -2.10. The predicted molar refractivity (Wildman–Crippen MR) is 93.0 cm³/mol. The summed E-state index contributed by atoms with van der Waals surface area (Å²) >= 11 is 0. The second kappa shape index (κ2) is 16.8. The summed E-state index contributed by atoms with van der Waals surface area (Å²) in [6.07, 6.45) is 15.3. The molecule has 0 aromatic carbocycles. The summed E-state index contributed by atoms with van der Waals surface area (Å²) in [7, 11) is 0. The van der Waals surface area contributed by atoms with Gasteiger partial charge in [0, 0.05) is 0 Å². The van der Waals surface area contributed by atoms with Gasteiger partial charge in [-0.25, -0.2) is 4.79 Å². The molecule has 0 bridgehead atoms. The minimum Gasteiger partial charge on any atom is -0.464 e. The maximum absolute atomic E-state index is 11.5. The van der Waals surface area contributed by atoms with Gasteiger partial charge in [-0.1, -0.05) is 90.9 Å². The first-order valence-electron chi connectivity index (χ1n) is 9.57. The molecule has 0 rings (SSSR count). The molecule has 3 heteroatoms. The van der Waals surface area contributed by atoms with E-state index in [-0.39, 0.29) is 0 Å². The zero-order chi connectivity index (χ0) is 16.5. The smallest absolute Gasteiger partial charge is 0.334 e. The molecule has 1 N–H and O–H groups in total. The Kier molecular flexibility index (Phi) is 16.4. The van der Waals surface area contributed by atoms with Crippen molar-refractivity contribution in [1.82, 2.24) is 0 Å². The van der Waals surface area contributed by atoms with E-state index in [0.717, 1.165) is 32.1 Å². The van der Waals surface area contributed by atoms with E-state index in [1.165, 1.54) is 51.4 Å². The Balaban J connectivity index is 3.30. The van der Waals surface area contributed by atoms with Crippen molar-refractivity contribution in [3.05, 3.63) is 0 Å². The molecule has 0 saturated heterocycles. The van der Waals surface area contributed by atoms with Gasteiger partial charge in [0.25, 0.3) is 0 Å². The molecule has 0 aliphatic carbocycles. The Morgan fingerprint density at radius 1 is 0.773 bits per heavy atom. The zero-order valence-corrected chi connectivity index (χ0v) is 14.9. The van der Waals surface area contributed by atoms with Gasteiger partial charge in [-0.05, 0) is 12.8 Å². The number of unbranched alkanes of at least 4 members (excludes halogenated alkanes) is 11. The maximum Gasteiger partial charge on any atom is 0.334 e. The van der Waals surface area contributed by atoms with Gasteiger partial charge in [0.1, 0.15) is 0 Å². The second-order valence-corrected chi connectivity index (χ2v) is 6.36. The second-order valence-electron chi connectivity index (χ2n) is 6.36. The SMILES string of the molecule is CCCCCCCCCCCCC(O)C(=O)OCCCCC. The summed E-state index contributed by atoms with van der Waals surface area (Å²) in [5.41, 5.74) is 0. The molecule has 0 saturated carbocycles. The molecule has 0 spiro atoms. The van der Waals surface area contributed by atoms with Crippen LogP contribution < -0.4 is 0 Å². The van der Waals surface area contributed by atoms with Crippen molar-refractivity contribution in [2.24, 2.45) is 0 Å². The first-order valence-corrected chi connectivity index (χ1v) is 9.57. The summed E-state index contributed by atoms with van der Waals surface area (Å²) < 4.78 is 5.06. The Hall–Kier alpha value is -0.570. The maximum atomic E-state index is 11.5. The third kappa shape index (κ3) is 14.4. The average molecular weight is 315 g/mol. The Labute approximate surface area is 137 Å². The van der Waals surface area contributed by atoms with Crippen LogP contribution in [-0.2, 0) is 9.53 Å². The van der Waals surface area contributed by atoms with E-state index in [0.29, 0.717) is 13.0 Å². The fraction of sp³-hybridized carbons (Fsp3) is 0.947. The minimum atomic E-state index is -0.921. The van der Waals surface area contributed by atoms with Gasteiger partial charge in [0.2, 0.25) is 0 Å². The van der Waals surface area contributed by atoms with Crippen molar-refractivity contribution < 1.29 is 14.6 Å². The number of aliphatic hydroxyl groups excluding tert-OH is 1. The van der Waals surface area contributed by atoms with Crippen LogP contribution in [0, 0.1) is 0 Å². The number of aliphatic hydroxyl groups is 1. The topological polar surface area (TPSA) is 46.5 Å². The van der Waals surface area contributed by atoms with E-state index in [2.05, 4.69) is 13.8 Å². The van der Waals surface area contributed by atoms with Crippen LogP contribution in [0.4, 0.5) is 0 Å². The van der Waals surface area contributed by atoms with Crippen LogP contribution in [0.15, 0.2) is 0 Å². The van der Waals surface area contributed by atoms with Crippen LogP contribution in [0.3, 0.4) is 0 Å². The highest BCUT2D eigenvalue weighted by atomic mass is 16.5. The Morgan fingerprint density at radius 2 is 1.23 bits per heavy atom. The number of carbonyl (C=O) groups is 1. The minimum absolute atomic E-state index is 0.438. The molecule has 0 heterocycles. The lowest BCUT2D eigenvalue weighted by molar-refractivity contribution is -0.154. The fourth-order valence-corrected chi connectivity index (χ4v) is 2.56. The predicted octanol–water partition coefficient (Wildman–Crippen LogP) is 5.39. The van der Waals surface area contributed by atoms with Gasteiger partial charge < -0.3 is 9.84 Å². The van der Waals surface area contributed by atoms with Crippen LogP contribution in [0.5, 0.6) is 0 Å². The summed E-state index contributed by atoms with van der Waals surface area (Å²) in [6.45, 7) is 4.80. The summed E-state index contributed by atoms with van der Waals surface area (Å²) in [5, 5.41) is 9.72. The van der Waals surface area contributed by atoms with Crippen molar-refractivity contribution in [3.8, 4) is 0 Å². The number of carbonyl (C=O) groups excluding carboxylic acids is 1.